The maximum Gasteiger partial charge on any atom is 0.355 e. The van der Waals surface area contributed by atoms with Crippen LogP contribution in [0.15, 0.2) is 54.9 Å². The van der Waals surface area contributed by atoms with E-state index in [1.165, 1.54) is 6.07 Å². The van der Waals surface area contributed by atoms with Gasteiger partial charge in [-0.3, -0.25) is 25.8 Å². The number of nitro groups is 1. The summed E-state index contributed by atoms with van der Waals surface area (Å²) in [7, 11) is 0. The van der Waals surface area contributed by atoms with Crippen LogP contribution in [0.4, 0.5) is 31.8 Å². The van der Waals surface area contributed by atoms with Crippen LogP contribution in [0, 0.1) is 21.7 Å². The molecule has 3 aromatic rings. The number of anilines is 3. The number of nitrogens with zero attached hydrogens (tertiary/aromatic N) is 3. The van der Waals surface area contributed by atoms with E-state index in [2.05, 4.69) is 26.1 Å². The fourth-order valence-electron chi connectivity index (χ4n) is 2.40. The van der Waals surface area contributed by atoms with Crippen LogP contribution in [-0.2, 0) is 11.2 Å². The summed E-state index contributed by atoms with van der Waals surface area (Å²) in [5.74, 6) is -3.18. The van der Waals surface area contributed by atoms with Gasteiger partial charge in [-0.2, -0.15) is 0 Å². The second-order valence-electron chi connectivity index (χ2n) is 5.77. The molecular weight excluding hydrogens is 386 g/mol. The van der Waals surface area contributed by atoms with Crippen molar-refractivity contribution < 1.29 is 18.5 Å². The van der Waals surface area contributed by atoms with Crippen LogP contribution in [0.1, 0.15) is 5.56 Å². The van der Waals surface area contributed by atoms with Crippen molar-refractivity contribution in [3.63, 3.8) is 0 Å². The zero-order valence-corrected chi connectivity index (χ0v) is 14.7. The van der Waals surface area contributed by atoms with Crippen molar-refractivity contribution in [3.8, 4) is 0 Å². The average molecular weight is 400 g/mol. The van der Waals surface area contributed by atoms with Crippen LogP contribution in [0.5, 0.6) is 0 Å². The smallest absolute Gasteiger partial charge is 0.334 e. The molecule has 0 spiro atoms. The van der Waals surface area contributed by atoms with E-state index in [1.54, 1.807) is 24.3 Å². The number of halogens is 2. The first kappa shape index (κ1) is 19.6. The largest absolute Gasteiger partial charge is 0.355 e. The molecule has 29 heavy (non-hydrogen) atoms. The number of hydrogen-bond acceptors (Lipinski definition) is 7. The summed E-state index contributed by atoms with van der Waals surface area (Å²) in [6.45, 7) is 0. The quantitative estimate of drug-likeness (QED) is 0.411. The fraction of sp³-hybridized carbons (Fsp3) is 0.0556. The van der Waals surface area contributed by atoms with Crippen molar-refractivity contribution in [1.82, 2.24) is 15.4 Å². The van der Waals surface area contributed by atoms with Gasteiger partial charge in [0.15, 0.2) is 11.6 Å². The van der Waals surface area contributed by atoms with E-state index < -0.39 is 28.2 Å². The van der Waals surface area contributed by atoms with Crippen LogP contribution in [0.2, 0.25) is 0 Å². The molecule has 0 unspecified atom stereocenters. The number of hydrogen-bond donors (Lipinski definition) is 3. The molecule has 0 aliphatic rings. The number of amides is 1. The summed E-state index contributed by atoms with van der Waals surface area (Å²) >= 11 is 0. The Hall–Kier alpha value is -4.15. The average Bonchev–Trinajstić information content (AvgIpc) is 2.70. The Morgan fingerprint density at radius 2 is 1.76 bits per heavy atom. The molecule has 11 heteroatoms. The number of rotatable bonds is 7. The minimum atomic E-state index is -1.13. The van der Waals surface area contributed by atoms with E-state index >= 15 is 0 Å². The summed E-state index contributed by atoms with van der Waals surface area (Å²) in [6, 6.07) is 11.8. The molecule has 0 aliphatic carbocycles. The van der Waals surface area contributed by atoms with Gasteiger partial charge in [-0.25, -0.2) is 18.7 Å². The molecule has 0 fully saturated rings. The summed E-state index contributed by atoms with van der Waals surface area (Å²) < 4.78 is 26.4. The van der Waals surface area contributed by atoms with Crippen LogP contribution in [0.25, 0.3) is 0 Å². The Bertz CT molecular complexity index is 1050. The normalized spacial score (nSPS) is 10.3. The third kappa shape index (κ3) is 4.97. The minimum Gasteiger partial charge on any atom is -0.334 e. The molecule has 0 aliphatic heterocycles. The van der Waals surface area contributed by atoms with E-state index in [1.807, 2.05) is 6.07 Å². The maximum absolute atomic E-state index is 13.4. The van der Waals surface area contributed by atoms with Gasteiger partial charge in [-0.05, 0) is 17.7 Å². The molecule has 0 radical (unpaired) electrons. The molecular formula is C18H14F2N6O3. The molecule has 0 bridgehead atoms. The highest BCUT2D eigenvalue weighted by atomic mass is 19.2. The van der Waals surface area contributed by atoms with Crippen molar-refractivity contribution in [2.45, 2.75) is 6.42 Å². The van der Waals surface area contributed by atoms with E-state index in [0.717, 1.165) is 24.0 Å². The number of carbonyl (C=O) groups excluding carboxylic acids is 1. The molecule has 1 amide bonds. The number of aromatic nitrogens is 2. The van der Waals surface area contributed by atoms with Gasteiger partial charge >= 0.3 is 5.69 Å². The first-order valence-corrected chi connectivity index (χ1v) is 8.24. The monoisotopic (exact) mass is 400 g/mol. The summed E-state index contributed by atoms with van der Waals surface area (Å²) in [6.07, 6.45) is 1.06. The minimum absolute atomic E-state index is 0.0461. The van der Waals surface area contributed by atoms with E-state index in [0.29, 0.717) is 0 Å². The van der Waals surface area contributed by atoms with Crippen molar-refractivity contribution >= 4 is 28.9 Å². The lowest BCUT2D eigenvalue weighted by Crippen LogP contribution is -2.31. The van der Waals surface area contributed by atoms with Crippen molar-refractivity contribution in [2.24, 2.45) is 0 Å². The van der Waals surface area contributed by atoms with Crippen LogP contribution in [0.3, 0.4) is 0 Å². The fourth-order valence-corrected chi connectivity index (χ4v) is 2.40. The van der Waals surface area contributed by atoms with Gasteiger partial charge in [-0.15, -0.1) is 0 Å². The maximum atomic E-state index is 13.4. The molecule has 3 rings (SSSR count). The van der Waals surface area contributed by atoms with Gasteiger partial charge < -0.3 is 5.32 Å². The van der Waals surface area contributed by atoms with Gasteiger partial charge in [0, 0.05) is 11.8 Å². The highest BCUT2D eigenvalue weighted by molar-refractivity contribution is 5.81. The Kier molecular flexibility index (Phi) is 5.88. The summed E-state index contributed by atoms with van der Waals surface area (Å²) in [5, 5.41) is 14.0. The lowest BCUT2D eigenvalue weighted by molar-refractivity contribution is -0.383. The predicted octanol–water partition coefficient (Wildman–Crippen LogP) is 3.09. The van der Waals surface area contributed by atoms with Crippen molar-refractivity contribution in [3.05, 3.63) is 82.2 Å². The molecule has 0 saturated heterocycles. The first-order chi connectivity index (χ1) is 13.9. The summed E-state index contributed by atoms with van der Waals surface area (Å²) in [4.78, 5) is 30.3. The van der Waals surface area contributed by atoms with Gasteiger partial charge in [0.05, 0.1) is 11.3 Å². The Morgan fingerprint density at radius 3 is 2.45 bits per heavy atom. The molecule has 0 saturated carbocycles. The number of benzene rings is 2. The Labute approximate surface area is 162 Å². The van der Waals surface area contributed by atoms with Gasteiger partial charge in [0.1, 0.15) is 6.33 Å². The lowest BCUT2D eigenvalue weighted by Gasteiger charge is -2.11. The molecule has 2 aromatic carbocycles. The SMILES string of the molecule is O=C(Cc1ccccc1)NNc1ncnc(Nc2ccc(F)c(F)c2)c1[N+](=O)[O-]. The topological polar surface area (TPSA) is 122 Å². The van der Waals surface area contributed by atoms with E-state index in [9.17, 15) is 23.7 Å². The van der Waals surface area contributed by atoms with Gasteiger partial charge in [0.2, 0.25) is 17.5 Å². The van der Waals surface area contributed by atoms with Gasteiger partial charge in [-0.1, -0.05) is 30.3 Å². The third-order valence-corrected chi connectivity index (χ3v) is 3.72. The van der Waals surface area contributed by atoms with Crippen molar-refractivity contribution in [1.29, 1.82) is 0 Å². The van der Waals surface area contributed by atoms with Crippen LogP contribution in [-0.4, -0.2) is 20.8 Å². The van der Waals surface area contributed by atoms with Crippen LogP contribution < -0.4 is 16.2 Å². The second-order valence-corrected chi connectivity index (χ2v) is 5.77. The molecule has 148 valence electrons. The molecule has 1 heterocycles. The highest BCUT2D eigenvalue weighted by Gasteiger charge is 2.24. The molecule has 1 aromatic heterocycles. The Morgan fingerprint density at radius 1 is 1.03 bits per heavy atom. The number of hydrazine groups is 1. The first-order valence-electron chi connectivity index (χ1n) is 8.24. The highest BCUT2D eigenvalue weighted by Crippen LogP contribution is 2.31. The molecule has 9 nitrogen and oxygen atoms in total. The van der Waals surface area contributed by atoms with E-state index in [-0.39, 0.29) is 23.7 Å². The lowest BCUT2D eigenvalue weighted by atomic mass is 10.1. The van der Waals surface area contributed by atoms with E-state index in [4.69, 9.17) is 0 Å². The number of carbonyl (C=O) groups is 1. The third-order valence-electron chi connectivity index (χ3n) is 3.72. The van der Waals surface area contributed by atoms with Gasteiger partial charge in [0.25, 0.3) is 0 Å². The zero-order valence-electron chi connectivity index (χ0n) is 14.7. The predicted molar refractivity (Wildman–Crippen MR) is 100 cm³/mol. The second kappa shape index (κ2) is 8.69. The molecule has 3 N–H and O–H groups in total. The standard InChI is InChI=1S/C18H14F2N6O3/c19-13-7-6-12(9-14(13)20)23-17-16(26(28)29)18(22-10-21-17)25-24-15(27)8-11-4-2-1-3-5-11/h1-7,9-10H,8H2,(H,24,27)(H2,21,22,23,25). The molecule has 0 atom stereocenters. The number of nitrogens with one attached hydrogen (secondary N) is 3. The van der Waals surface area contributed by atoms with Crippen molar-refractivity contribution in [2.75, 3.05) is 10.7 Å². The summed E-state index contributed by atoms with van der Waals surface area (Å²) in [5.41, 5.74) is 4.94. The Balaban J connectivity index is 1.76. The van der Waals surface area contributed by atoms with Crippen LogP contribution >= 0.6 is 0 Å². The zero-order chi connectivity index (χ0) is 20.8.